The molecular formula is C20H20N4O3. The predicted octanol–water partition coefficient (Wildman–Crippen LogP) is 3.41. The normalized spacial score (nSPS) is 16.3. The molecule has 0 radical (unpaired) electrons. The molecule has 1 aromatic carbocycles. The van der Waals surface area contributed by atoms with E-state index >= 15 is 0 Å². The van der Waals surface area contributed by atoms with Crippen LogP contribution < -0.4 is 5.69 Å². The third-order valence-corrected chi connectivity index (χ3v) is 5.25. The summed E-state index contributed by atoms with van der Waals surface area (Å²) in [6, 6.07) is 13.7. The van der Waals surface area contributed by atoms with Crippen LogP contribution >= 0.6 is 0 Å². The van der Waals surface area contributed by atoms with Crippen molar-refractivity contribution in [3.05, 3.63) is 64.9 Å². The quantitative estimate of drug-likeness (QED) is 0.600. The van der Waals surface area contributed by atoms with Crippen molar-refractivity contribution in [1.29, 1.82) is 0 Å². The summed E-state index contributed by atoms with van der Waals surface area (Å²) in [5, 5.41) is 4.15. The van der Waals surface area contributed by atoms with E-state index in [4.69, 9.17) is 8.94 Å². The van der Waals surface area contributed by atoms with E-state index in [0.29, 0.717) is 11.5 Å². The van der Waals surface area contributed by atoms with Crippen LogP contribution in [0.1, 0.15) is 24.6 Å². The van der Waals surface area contributed by atoms with Crippen molar-refractivity contribution in [2.75, 3.05) is 13.1 Å². The molecule has 1 aliphatic heterocycles. The number of hydrogen-bond acceptors (Lipinski definition) is 5. The molecule has 7 heteroatoms. The van der Waals surface area contributed by atoms with E-state index in [2.05, 4.69) is 15.0 Å². The number of nitrogens with zero attached hydrogens (tertiary/aromatic N) is 3. The van der Waals surface area contributed by atoms with E-state index in [1.54, 1.807) is 6.26 Å². The molecule has 1 saturated heterocycles. The number of fused-ring (bicyclic) bond motifs is 1. The van der Waals surface area contributed by atoms with Gasteiger partial charge in [0.25, 0.3) is 0 Å². The lowest BCUT2D eigenvalue weighted by Gasteiger charge is -2.31. The number of piperidine rings is 1. The van der Waals surface area contributed by atoms with E-state index in [1.807, 2.05) is 47.0 Å². The minimum Gasteiger partial charge on any atom is -0.461 e. The fourth-order valence-electron chi connectivity index (χ4n) is 3.92. The first-order valence-corrected chi connectivity index (χ1v) is 9.19. The van der Waals surface area contributed by atoms with Crippen LogP contribution in [0.4, 0.5) is 0 Å². The van der Waals surface area contributed by atoms with Crippen LogP contribution in [-0.2, 0) is 6.54 Å². The largest absolute Gasteiger partial charge is 0.461 e. The number of aromatic nitrogens is 3. The molecule has 0 amide bonds. The van der Waals surface area contributed by atoms with Gasteiger partial charge < -0.3 is 13.9 Å². The van der Waals surface area contributed by atoms with Gasteiger partial charge in [-0.2, -0.15) is 0 Å². The Morgan fingerprint density at radius 3 is 2.78 bits per heavy atom. The van der Waals surface area contributed by atoms with Crippen LogP contribution in [0.5, 0.6) is 0 Å². The minimum absolute atomic E-state index is 0.0192. The van der Waals surface area contributed by atoms with Crippen molar-refractivity contribution in [3.63, 3.8) is 0 Å². The van der Waals surface area contributed by atoms with Gasteiger partial charge in [-0.05, 0) is 37.1 Å². The van der Waals surface area contributed by atoms with Gasteiger partial charge in [0.1, 0.15) is 0 Å². The van der Waals surface area contributed by atoms with E-state index in [0.717, 1.165) is 49.2 Å². The number of hydrogen-bond donors (Lipinski definition) is 1. The highest BCUT2D eigenvalue weighted by Gasteiger charge is 2.24. The van der Waals surface area contributed by atoms with Gasteiger partial charge in [-0.3, -0.25) is 9.47 Å². The fourth-order valence-corrected chi connectivity index (χ4v) is 3.92. The Morgan fingerprint density at radius 2 is 1.96 bits per heavy atom. The van der Waals surface area contributed by atoms with E-state index < -0.39 is 0 Å². The lowest BCUT2D eigenvalue weighted by Crippen LogP contribution is -2.36. The van der Waals surface area contributed by atoms with Gasteiger partial charge in [-0.15, -0.1) is 0 Å². The summed E-state index contributed by atoms with van der Waals surface area (Å²) >= 11 is 0. The zero-order valence-electron chi connectivity index (χ0n) is 14.8. The number of H-pyrrole nitrogens is 1. The van der Waals surface area contributed by atoms with Crippen LogP contribution in [0.3, 0.4) is 0 Å². The molecular weight excluding hydrogens is 344 g/mol. The topological polar surface area (TPSA) is 80.2 Å². The molecule has 27 heavy (non-hydrogen) atoms. The molecule has 0 bridgehead atoms. The highest BCUT2D eigenvalue weighted by molar-refractivity contribution is 5.75. The maximum atomic E-state index is 12.4. The number of aromatic amines is 1. The Morgan fingerprint density at radius 1 is 1.11 bits per heavy atom. The predicted molar refractivity (Wildman–Crippen MR) is 100 cm³/mol. The average molecular weight is 364 g/mol. The molecule has 3 aromatic heterocycles. The lowest BCUT2D eigenvalue weighted by atomic mass is 10.0. The summed E-state index contributed by atoms with van der Waals surface area (Å²) < 4.78 is 12.6. The highest BCUT2D eigenvalue weighted by Crippen LogP contribution is 2.26. The Balaban J connectivity index is 1.26. The standard InChI is InChI=1S/C20H20N4O3/c25-20-21-16-4-1-2-5-17(16)24(20)15-7-9-23(10-8-15)13-14-12-19(27-22-14)18-6-3-11-26-18/h1-6,11-12,15H,7-10,13H2,(H,21,25). The van der Waals surface area contributed by atoms with Gasteiger partial charge in [-0.1, -0.05) is 17.3 Å². The number of likely N-dealkylation sites (tertiary alicyclic amines) is 1. The van der Waals surface area contributed by atoms with E-state index in [-0.39, 0.29) is 11.7 Å². The number of nitrogens with one attached hydrogen (secondary N) is 1. The molecule has 4 aromatic rings. The third kappa shape index (κ3) is 3.00. The summed E-state index contributed by atoms with van der Waals surface area (Å²) in [5.41, 5.74) is 2.76. The smallest absolute Gasteiger partial charge is 0.326 e. The van der Waals surface area contributed by atoms with Crippen LogP contribution in [0.25, 0.3) is 22.6 Å². The van der Waals surface area contributed by atoms with Gasteiger partial charge >= 0.3 is 5.69 Å². The van der Waals surface area contributed by atoms with Crippen molar-refractivity contribution in [2.24, 2.45) is 0 Å². The van der Waals surface area contributed by atoms with Crippen LogP contribution in [0.15, 0.2) is 62.5 Å². The van der Waals surface area contributed by atoms with Crippen molar-refractivity contribution in [2.45, 2.75) is 25.4 Å². The first kappa shape index (κ1) is 16.1. The molecule has 0 atom stereocenters. The Hall–Kier alpha value is -3.06. The first-order valence-electron chi connectivity index (χ1n) is 9.19. The lowest BCUT2D eigenvalue weighted by molar-refractivity contribution is 0.176. The number of rotatable bonds is 4. The molecule has 0 saturated carbocycles. The molecule has 1 N–H and O–H groups in total. The van der Waals surface area contributed by atoms with Crippen LogP contribution in [-0.4, -0.2) is 32.7 Å². The van der Waals surface area contributed by atoms with Crippen molar-refractivity contribution >= 4 is 11.0 Å². The summed E-state index contributed by atoms with van der Waals surface area (Å²) in [6.07, 6.45) is 3.49. The highest BCUT2D eigenvalue weighted by atomic mass is 16.5. The number of benzene rings is 1. The third-order valence-electron chi connectivity index (χ3n) is 5.25. The zero-order chi connectivity index (χ0) is 18.2. The fraction of sp³-hybridized carbons (Fsp3) is 0.300. The number of para-hydroxylation sites is 2. The van der Waals surface area contributed by atoms with Gasteiger partial charge in [0.05, 0.1) is 23.0 Å². The van der Waals surface area contributed by atoms with Crippen molar-refractivity contribution < 1.29 is 8.94 Å². The number of imidazole rings is 1. The second kappa shape index (κ2) is 6.59. The second-order valence-corrected chi connectivity index (χ2v) is 6.98. The van der Waals surface area contributed by atoms with Crippen LogP contribution in [0.2, 0.25) is 0 Å². The first-order chi connectivity index (χ1) is 13.3. The van der Waals surface area contributed by atoms with Crippen molar-refractivity contribution in [3.8, 4) is 11.5 Å². The maximum Gasteiger partial charge on any atom is 0.326 e. The van der Waals surface area contributed by atoms with Crippen molar-refractivity contribution in [1.82, 2.24) is 19.6 Å². The van der Waals surface area contributed by atoms with Crippen LogP contribution in [0, 0.1) is 0 Å². The SMILES string of the molecule is O=c1[nH]c2ccccc2n1C1CCN(Cc2cc(-c3ccco3)on2)CC1. The summed E-state index contributed by atoms with van der Waals surface area (Å²) in [4.78, 5) is 17.7. The molecule has 5 rings (SSSR count). The molecule has 0 aliphatic carbocycles. The molecule has 138 valence electrons. The maximum absolute atomic E-state index is 12.4. The number of furan rings is 1. The van der Waals surface area contributed by atoms with Gasteiger partial charge in [-0.25, -0.2) is 4.79 Å². The molecule has 0 spiro atoms. The van der Waals surface area contributed by atoms with E-state index in [9.17, 15) is 4.79 Å². The van der Waals surface area contributed by atoms with Gasteiger partial charge in [0.2, 0.25) is 5.76 Å². The monoisotopic (exact) mass is 364 g/mol. The van der Waals surface area contributed by atoms with Gasteiger partial charge in [0.15, 0.2) is 5.76 Å². The van der Waals surface area contributed by atoms with E-state index in [1.165, 1.54) is 0 Å². The zero-order valence-corrected chi connectivity index (χ0v) is 14.8. The molecule has 0 unspecified atom stereocenters. The Kier molecular flexibility index (Phi) is 3.94. The molecule has 7 nitrogen and oxygen atoms in total. The summed E-state index contributed by atoms with van der Waals surface area (Å²) in [5.74, 6) is 1.33. The Labute approximate surface area is 155 Å². The summed E-state index contributed by atoms with van der Waals surface area (Å²) in [6.45, 7) is 2.57. The molecule has 1 aliphatic rings. The Bertz CT molecular complexity index is 1100. The minimum atomic E-state index is -0.0192. The molecule has 1 fully saturated rings. The second-order valence-electron chi connectivity index (χ2n) is 6.98. The molecule has 4 heterocycles. The van der Waals surface area contributed by atoms with Gasteiger partial charge in [0, 0.05) is 31.7 Å². The average Bonchev–Trinajstić information content (AvgIpc) is 3.41. The summed E-state index contributed by atoms with van der Waals surface area (Å²) in [7, 11) is 0.